The van der Waals surface area contributed by atoms with Crippen LogP contribution < -0.4 is 5.56 Å². The minimum atomic E-state index is -0.158. The highest BCUT2D eigenvalue weighted by Gasteiger charge is 2.23. The summed E-state index contributed by atoms with van der Waals surface area (Å²) in [5.41, 5.74) is 2.14. The molecular formula is C20H16ClN3OS. The zero-order valence-corrected chi connectivity index (χ0v) is 15.7. The van der Waals surface area contributed by atoms with E-state index in [0.29, 0.717) is 27.7 Å². The highest BCUT2D eigenvalue weighted by molar-refractivity contribution is 7.18. The van der Waals surface area contributed by atoms with Crippen LogP contribution in [-0.2, 0) is 12.8 Å². The Morgan fingerprint density at radius 3 is 2.92 bits per heavy atom. The van der Waals surface area contributed by atoms with E-state index >= 15 is 0 Å². The Hall–Kier alpha value is -2.42. The maximum Gasteiger partial charge on any atom is 0.260 e. The molecule has 0 bridgehead atoms. The maximum atomic E-state index is 12.7. The van der Waals surface area contributed by atoms with Gasteiger partial charge in [0.05, 0.1) is 11.0 Å². The number of aromatic nitrogens is 2. The number of halogens is 1. The van der Waals surface area contributed by atoms with Crippen molar-refractivity contribution in [3.05, 3.63) is 61.5 Å². The largest absolute Gasteiger partial charge is 0.305 e. The molecule has 1 N–H and O–H groups in total. The van der Waals surface area contributed by atoms with Gasteiger partial charge in [-0.15, -0.1) is 11.3 Å². The van der Waals surface area contributed by atoms with Crippen LogP contribution in [0.3, 0.4) is 0 Å². The van der Waals surface area contributed by atoms with E-state index in [-0.39, 0.29) is 5.56 Å². The van der Waals surface area contributed by atoms with Gasteiger partial charge in [-0.3, -0.25) is 4.79 Å². The smallest absolute Gasteiger partial charge is 0.260 e. The molecule has 2 aromatic heterocycles. The number of benzene rings is 1. The zero-order valence-electron chi connectivity index (χ0n) is 14.2. The van der Waals surface area contributed by atoms with E-state index in [1.165, 1.54) is 4.88 Å². The number of allylic oxidation sites excluding steroid dienone is 1. The first-order valence-corrected chi connectivity index (χ1v) is 9.67. The SMILES string of the molecule is CC1CCc2c(sc3nc(C(C#N)=Cc4ccc(Cl)cc4)[nH]c(=O)c23)C1. The van der Waals surface area contributed by atoms with Crippen molar-refractivity contribution in [2.24, 2.45) is 5.92 Å². The summed E-state index contributed by atoms with van der Waals surface area (Å²) in [6.45, 7) is 2.24. The lowest BCUT2D eigenvalue weighted by atomic mass is 9.89. The number of rotatable bonds is 2. The fourth-order valence-electron chi connectivity index (χ4n) is 3.36. The first-order chi connectivity index (χ1) is 12.5. The molecule has 6 heteroatoms. The number of hydrogen-bond donors (Lipinski definition) is 1. The van der Waals surface area contributed by atoms with Crippen LogP contribution in [0.5, 0.6) is 0 Å². The summed E-state index contributed by atoms with van der Waals surface area (Å²) in [5, 5.41) is 10.9. The Morgan fingerprint density at radius 1 is 1.42 bits per heavy atom. The summed E-state index contributed by atoms with van der Waals surface area (Å²) in [7, 11) is 0. The number of H-pyrrole nitrogens is 1. The second kappa shape index (κ2) is 6.71. The topological polar surface area (TPSA) is 69.5 Å². The predicted molar refractivity (Wildman–Crippen MR) is 106 cm³/mol. The van der Waals surface area contributed by atoms with Crippen molar-refractivity contribution in [2.75, 3.05) is 0 Å². The number of aryl methyl sites for hydroxylation is 1. The van der Waals surface area contributed by atoms with Gasteiger partial charge in [0, 0.05) is 9.90 Å². The van der Waals surface area contributed by atoms with Crippen LogP contribution >= 0.6 is 22.9 Å². The van der Waals surface area contributed by atoms with Crippen LogP contribution in [0.1, 0.15) is 35.2 Å². The Balaban J connectivity index is 1.83. The fourth-order valence-corrected chi connectivity index (χ4v) is 4.87. The molecule has 0 radical (unpaired) electrons. The Morgan fingerprint density at radius 2 is 2.19 bits per heavy atom. The first-order valence-electron chi connectivity index (χ1n) is 8.47. The van der Waals surface area contributed by atoms with Crippen LogP contribution in [0.4, 0.5) is 0 Å². The third-order valence-electron chi connectivity index (χ3n) is 4.72. The lowest BCUT2D eigenvalue weighted by molar-refractivity contribution is 0.509. The van der Waals surface area contributed by atoms with Crippen LogP contribution in [0, 0.1) is 17.2 Å². The molecule has 3 aromatic rings. The molecule has 0 aliphatic heterocycles. The average molecular weight is 382 g/mol. The number of aromatic amines is 1. The third kappa shape index (κ3) is 3.07. The second-order valence-electron chi connectivity index (χ2n) is 6.67. The third-order valence-corrected chi connectivity index (χ3v) is 6.12. The molecule has 0 saturated carbocycles. The van der Waals surface area contributed by atoms with E-state index in [4.69, 9.17) is 11.6 Å². The molecule has 0 saturated heterocycles. The minimum Gasteiger partial charge on any atom is -0.305 e. The lowest BCUT2D eigenvalue weighted by Crippen LogP contribution is -2.14. The number of hydrogen-bond acceptors (Lipinski definition) is 4. The van der Waals surface area contributed by atoms with Crippen LogP contribution in [-0.4, -0.2) is 9.97 Å². The molecule has 1 unspecified atom stereocenters. The molecule has 1 aliphatic carbocycles. The number of nitriles is 1. The minimum absolute atomic E-state index is 0.158. The van der Waals surface area contributed by atoms with Crippen molar-refractivity contribution in [2.45, 2.75) is 26.2 Å². The Bertz CT molecular complexity index is 1120. The van der Waals surface area contributed by atoms with Crippen molar-refractivity contribution in [3.8, 4) is 6.07 Å². The molecule has 4 rings (SSSR count). The summed E-state index contributed by atoms with van der Waals surface area (Å²) >= 11 is 7.48. The van der Waals surface area contributed by atoms with Gasteiger partial charge in [0.1, 0.15) is 10.9 Å². The van der Waals surface area contributed by atoms with Crippen molar-refractivity contribution >= 4 is 44.8 Å². The van der Waals surface area contributed by atoms with E-state index in [9.17, 15) is 10.1 Å². The Labute approximate surface area is 159 Å². The number of fused-ring (bicyclic) bond motifs is 3. The molecule has 1 aromatic carbocycles. The van der Waals surface area contributed by atoms with Gasteiger partial charge >= 0.3 is 0 Å². The summed E-state index contributed by atoms with van der Waals surface area (Å²) in [4.78, 5) is 22.1. The first kappa shape index (κ1) is 17.0. The fraction of sp³-hybridized carbons (Fsp3) is 0.250. The molecule has 26 heavy (non-hydrogen) atoms. The van der Waals surface area contributed by atoms with E-state index in [0.717, 1.165) is 35.2 Å². The molecule has 2 heterocycles. The predicted octanol–water partition coefficient (Wildman–Crippen LogP) is 4.83. The normalized spacial score (nSPS) is 17.1. The van der Waals surface area contributed by atoms with Gasteiger partial charge in [0.15, 0.2) is 5.82 Å². The summed E-state index contributed by atoms with van der Waals surface area (Å²) in [6, 6.07) is 9.30. The van der Waals surface area contributed by atoms with Crippen molar-refractivity contribution in [1.29, 1.82) is 5.26 Å². The van der Waals surface area contributed by atoms with Gasteiger partial charge in [-0.05, 0) is 54.5 Å². The maximum absolute atomic E-state index is 12.7. The van der Waals surface area contributed by atoms with E-state index < -0.39 is 0 Å². The molecule has 4 nitrogen and oxygen atoms in total. The molecule has 1 atom stereocenters. The number of nitrogens with one attached hydrogen (secondary N) is 1. The molecular weight excluding hydrogens is 366 g/mol. The van der Waals surface area contributed by atoms with Gasteiger partial charge in [-0.25, -0.2) is 4.98 Å². The molecule has 0 fully saturated rings. The highest BCUT2D eigenvalue weighted by Crippen LogP contribution is 2.35. The Kier molecular flexibility index (Phi) is 4.39. The van der Waals surface area contributed by atoms with Gasteiger partial charge in [-0.1, -0.05) is 30.7 Å². The standard InChI is InChI=1S/C20H16ClN3OS/c1-11-2-7-15-16(8-11)26-20-17(15)19(25)23-18(24-20)13(10-22)9-12-3-5-14(21)6-4-12/h3-6,9,11H,2,7-8H2,1H3,(H,23,24,25). The molecule has 0 amide bonds. The van der Waals surface area contributed by atoms with E-state index in [1.54, 1.807) is 29.5 Å². The summed E-state index contributed by atoms with van der Waals surface area (Å²) in [5.74, 6) is 0.945. The highest BCUT2D eigenvalue weighted by atomic mass is 35.5. The molecule has 130 valence electrons. The van der Waals surface area contributed by atoms with Gasteiger partial charge in [-0.2, -0.15) is 5.26 Å². The van der Waals surface area contributed by atoms with Crippen LogP contribution in [0.2, 0.25) is 5.02 Å². The zero-order chi connectivity index (χ0) is 18.3. The lowest BCUT2D eigenvalue weighted by Gasteiger charge is -2.17. The second-order valence-corrected chi connectivity index (χ2v) is 8.19. The van der Waals surface area contributed by atoms with E-state index in [1.807, 2.05) is 12.1 Å². The van der Waals surface area contributed by atoms with Gasteiger partial charge in [0.2, 0.25) is 0 Å². The molecule has 0 spiro atoms. The van der Waals surface area contributed by atoms with Crippen molar-refractivity contribution < 1.29 is 0 Å². The van der Waals surface area contributed by atoms with E-state index in [2.05, 4.69) is 23.0 Å². The average Bonchev–Trinajstić information content (AvgIpc) is 2.98. The van der Waals surface area contributed by atoms with Gasteiger partial charge < -0.3 is 4.98 Å². The van der Waals surface area contributed by atoms with Crippen LogP contribution in [0.15, 0.2) is 29.1 Å². The summed E-state index contributed by atoms with van der Waals surface area (Å²) < 4.78 is 0. The van der Waals surface area contributed by atoms with Crippen molar-refractivity contribution in [3.63, 3.8) is 0 Å². The quantitative estimate of drug-likeness (QED) is 0.646. The number of thiophene rings is 1. The van der Waals surface area contributed by atoms with Gasteiger partial charge in [0.25, 0.3) is 5.56 Å². The van der Waals surface area contributed by atoms with Crippen LogP contribution in [0.25, 0.3) is 21.9 Å². The monoisotopic (exact) mass is 381 g/mol. The summed E-state index contributed by atoms with van der Waals surface area (Å²) in [6.07, 6.45) is 4.72. The van der Waals surface area contributed by atoms with Crippen molar-refractivity contribution in [1.82, 2.24) is 9.97 Å². The number of nitrogens with zero attached hydrogens (tertiary/aromatic N) is 2. The molecule has 1 aliphatic rings.